The van der Waals surface area contributed by atoms with Gasteiger partial charge in [0, 0.05) is 23.9 Å². The minimum absolute atomic E-state index is 0.0165. The van der Waals surface area contributed by atoms with Crippen LogP contribution in [0.1, 0.15) is 61.8 Å². The highest BCUT2D eigenvalue weighted by molar-refractivity contribution is 7.90. The van der Waals surface area contributed by atoms with Crippen molar-refractivity contribution >= 4 is 17.5 Å². The van der Waals surface area contributed by atoms with E-state index in [4.69, 9.17) is 0 Å². The summed E-state index contributed by atoms with van der Waals surface area (Å²) in [4.78, 5) is 13.0. The molecule has 0 aromatic rings. The molecular formula is C17H34N2O3S. The van der Waals surface area contributed by atoms with E-state index in [1.807, 2.05) is 27.7 Å². The van der Waals surface area contributed by atoms with Crippen molar-refractivity contribution in [1.29, 1.82) is 0 Å². The smallest absolute Gasteiger partial charge is 0.407 e. The summed E-state index contributed by atoms with van der Waals surface area (Å²) in [5.74, 6) is 0.513. The maximum absolute atomic E-state index is 12.4. The Kier molecular flexibility index (Phi) is 6.44. The van der Waals surface area contributed by atoms with E-state index in [2.05, 4.69) is 32.4 Å². The molecule has 23 heavy (non-hydrogen) atoms. The summed E-state index contributed by atoms with van der Waals surface area (Å²) >= 11 is -1.12. The Labute approximate surface area is 144 Å². The van der Waals surface area contributed by atoms with Gasteiger partial charge in [0.05, 0.1) is 6.04 Å². The van der Waals surface area contributed by atoms with E-state index in [0.29, 0.717) is 12.5 Å². The Balaban J connectivity index is 2.98. The van der Waals surface area contributed by atoms with Crippen LogP contribution >= 0.6 is 0 Å². The fraction of sp³-hybridized carbons (Fsp3) is 0.941. The largest absolute Gasteiger partial charge is 0.598 e. The molecule has 5 atom stereocenters. The zero-order valence-electron chi connectivity index (χ0n) is 15.8. The molecule has 0 aliphatic carbocycles. The molecule has 2 N–H and O–H groups in total. The molecule has 5 nitrogen and oxygen atoms in total. The molecule has 0 radical (unpaired) electrons. The molecule has 1 fully saturated rings. The summed E-state index contributed by atoms with van der Waals surface area (Å²) in [6.45, 7) is 17.0. The molecule has 0 aromatic carbocycles. The molecule has 0 aromatic heterocycles. The van der Waals surface area contributed by atoms with Crippen LogP contribution in [0.5, 0.6) is 0 Å². The highest BCUT2D eigenvalue weighted by Crippen LogP contribution is 2.43. The third-order valence-electron chi connectivity index (χ3n) is 4.91. The van der Waals surface area contributed by atoms with Crippen LogP contribution in [0.25, 0.3) is 0 Å². The third kappa shape index (κ3) is 5.00. The van der Waals surface area contributed by atoms with E-state index in [-0.39, 0.29) is 28.2 Å². The minimum atomic E-state index is -1.12. The zero-order valence-corrected chi connectivity index (χ0v) is 16.7. The first-order valence-electron chi connectivity index (χ1n) is 8.44. The lowest BCUT2D eigenvalue weighted by atomic mass is 9.64. The number of piperidine rings is 1. The molecule has 6 heteroatoms. The molecule has 0 saturated carbocycles. The molecular weight excluding hydrogens is 312 g/mol. The number of nitrogens with zero attached hydrogens (tertiary/aromatic N) is 1. The summed E-state index contributed by atoms with van der Waals surface area (Å²) in [7, 11) is 0. The normalized spacial score (nSPS) is 29.3. The minimum Gasteiger partial charge on any atom is -0.598 e. The maximum Gasteiger partial charge on any atom is 0.407 e. The average molecular weight is 347 g/mol. The Morgan fingerprint density at radius 1 is 1.30 bits per heavy atom. The Morgan fingerprint density at radius 2 is 1.83 bits per heavy atom. The highest BCUT2D eigenvalue weighted by atomic mass is 32.2. The molecule has 136 valence electrons. The van der Waals surface area contributed by atoms with Gasteiger partial charge in [-0.2, -0.15) is 0 Å². The van der Waals surface area contributed by atoms with Gasteiger partial charge in [0.2, 0.25) is 0 Å². The Morgan fingerprint density at radius 3 is 2.22 bits per heavy atom. The lowest BCUT2D eigenvalue weighted by Gasteiger charge is -2.50. The molecule has 1 heterocycles. The number of hydrogen-bond donors (Lipinski definition) is 2. The van der Waals surface area contributed by atoms with Crippen molar-refractivity contribution < 1.29 is 14.5 Å². The van der Waals surface area contributed by atoms with Crippen LogP contribution in [0, 0.1) is 17.3 Å². The van der Waals surface area contributed by atoms with E-state index in [0.717, 1.165) is 6.42 Å². The van der Waals surface area contributed by atoms with Crippen molar-refractivity contribution in [3.05, 3.63) is 0 Å². The molecule has 1 rings (SSSR count). The van der Waals surface area contributed by atoms with Crippen LogP contribution in [-0.4, -0.2) is 44.0 Å². The Hall–Kier alpha value is -0.460. The average Bonchev–Trinajstić information content (AvgIpc) is 2.34. The second-order valence-corrected chi connectivity index (χ2v) is 10.8. The van der Waals surface area contributed by atoms with E-state index in [1.165, 1.54) is 0 Å². The van der Waals surface area contributed by atoms with Crippen molar-refractivity contribution in [3.8, 4) is 0 Å². The fourth-order valence-electron chi connectivity index (χ4n) is 3.85. The van der Waals surface area contributed by atoms with Crippen molar-refractivity contribution in [2.45, 2.75) is 78.6 Å². The van der Waals surface area contributed by atoms with Crippen molar-refractivity contribution in [2.75, 3.05) is 6.54 Å². The predicted octanol–water partition coefficient (Wildman–Crippen LogP) is 3.48. The highest BCUT2D eigenvalue weighted by Gasteiger charge is 2.46. The van der Waals surface area contributed by atoms with Gasteiger partial charge in [-0.1, -0.05) is 20.8 Å². The zero-order chi connectivity index (χ0) is 18.2. The van der Waals surface area contributed by atoms with Gasteiger partial charge in [0.15, 0.2) is 0 Å². The van der Waals surface area contributed by atoms with Crippen LogP contribution in [0.15, 0.2) is 0 Å². The van der Waals surface area contributed by atoms with E-state index < -0.39 is 17.5 Å². The molecule has 0 bridgehead atoms. The van der Waals surface area contributed by atoms with E-state index in [9.17, 15) is 14.5 Å². The first-order chi connectivity index (χ1) is 10.3. The second kappa shape index (κ2) is 7.19. The molecule has 1 saturated heterocycles. The van der Waals surface area contributed by atoms with Crippen LogP contribution in [-0.2, 0) is 11.4 Å². The number of rotatable bonds is 3. The molecule has 1 aliphatic heterocycles. The number of amides is 1. The van der Waals surface area contributed by atoms with Crippen LogP contribution in [0.4, 0.5) is 4.79 Å². The van der Waals surface area contributed by atoms with Gasteiger partial charge in [0.1, 0.15) is 4.75 Å². The van der Waals surface area contributed by atoms with Gasteiger partial charge < -0.3 is 14.6 Å². The maximum atomic E-state index is 12.4. The predicted molar refractivity (Wildman–Crippen MR) is 95.7 cm³/mol. The summed E-state index contributed by atoms with van der Waals surface area (Å²) < 4.78 is 15.4. The van der Waals surface area contributed by atoms with Crippen molar-refractivity contribution in [1.82, 2.24) is 9.62 Å². The van der Waals surface area contributed by atoms with Gasteiger partial charge in [-0.05, 0) is 58.3 Å². The molecule has 1 unspecified atom stereocenters. The summed E-state index contributed by atoms with van der Waals surface area (Å²) in [6, 6.07) is 0.0382. The van der Waals surface area contributed by atoms with Crippen LogP contribution < -0.4 is 4.72 Å². The molecule has 1 aliphatic rings. The number of hydrogen-bond acceptors (Lipinski definition) is 3. The summed E-state index contributed by atoms with van der Waals surface area (Å²) in [5, 5.41) is 9.43. The number of likely N-dealkylation sites (tertiary alicyclic amines) is 1. The van der Waals surface area contributed by atoms with Crippen molar-refractivity contribution in [2.24, 2.45) is 17.3 Å². The third-order valence-corrected chi connectivity index (χ3v) is 6.61. The lowest BCUT2D eigenvalue weighted by Crippen LogP contribution is -2.58. The van der Waals surface area contributed by atoms with Gasteiger partial charge in [0.25, 0.3) is 0 Å². The first-order valence-corrected chi connectivity index (χ1v) is 9.59. The van der Waals surface area contributed by atoms with E-state index >= 15 is 0 Å². The number of carbonyl (C=O) groups is 1. The topological polar surface area (TPSA) is 75.6 Å². The first kappa shape index (κ1) is 20.6. The summed E-state index contributed by atoms with van der Waals surface area (Å²) in [6.07, 6.45) is -0.0438. The molecule has 0 spiro atoms. The monoisotopic (exact) mass is 346 g/mol. The quantitative estimate of drug-likeness (QED) is 0.767. The number of nitrogens with one attached hydrogen (secondary N) is 1. The van der Waals surface area contributed by atoms with Gasteiger partial charge in [-0.15, -0.1) is 4.72 Å². The Bertz CT molecular complexity index is 417. The second-order valence-electron chi connectivity index (χ2n) is 8.85. The SMILES string of the molecule is C[C@H](N[S+]([O-])C(C)(C)C)[C@@H]1CCN(C(=O)O)[C@H](C)[C@H]1C(C)(C)C. The van der Waals surface area contributed by atoms with Crippen molar-refractivity contribution in [3.63, 3.8) is 0 Å². The van der Waals surface area contributed by atoms with Crippen LogP contribution in [0.2, 0.25) is 0 Å². The van der Waals surface area contributed by atoms with Gasteiger partial charge in [-0.25, -0.2) is 4.79 Å². The van der Waals surface area contributed by atoms with E-state index in [1.54, 1.807) is 4.90 Å². The lowest BCUT2D eigenvalue weighted by molar-refractivity contribution is -0.00533. The summed E-state index contributed by atoms with van der Waals surface area (Å²) in [5.41, 5.74) is -0.0165. The van der Waals surface area contributed by atoms with Crippen LogP contribution in [0.3, 0.4) is 0 Å². The standard InChI is InChI=1S/C17H34N2O3S/c1-11(18-23(22)17(6,7)8)13-9-10-19(15(20)21)12(2)14(13)16(3,4)5/h11-14,18H,9-10H2,1-8H3,(H,20,21)/t11-,12+,13-,14+,23?/m0/s1. The fourth-order valence-corrected chi connectivity index (χ4v) is 4.72. The number of carboxylic acid groups (broad SMARTS) is 1. The van der Waals surface area contributed by atoms with Gasteiger partial charge in [-0.3, -0.25) is 0 Å². The van der Waals surface area contributed by atoms with Gasteiger partial charge >= 0.3 is 6.09 Å². The molecule has 1 amide bonds.